The largest absolute Gasteiger partial charge is 0.463 e. The van der Waals surface area contributed by atoms with Crippen molar-refractivity contribution in [2.45, 2.75) is 19.8 Å². The van der Waals surface area contributed by atoms with Gasteiger partial charge in [-0.25, -0.2) is 4.98 Å². The molecule has 1 aromatic carbocycles. The van der Waals surface area contributed by atoms with E-state index in [9.17, 15) is 9.59 Å². The van der Waals surface area contributed by atoms with Crippen molar-refractivity contribution >= 4 is 27.7 Å². The fraction of sp³-hybridized carbons (Fsp3) is 0.143. The fourth-order valence-corrected chi connectivity index (χ4v) is 3.45. The normalized spacial score (nSPS) is 10.9. The van der Waals surface area contributed by atoms with Crippen LogP contribution in [0.25, 0.3) is 17.4 Å². The first kappa shape index (κ1) is 19.8. The van der Waals surface area contributed by atoms with Gasteiger partial charge in [0.25, 0.3) is 11.5 Å². The highest BCUT2D eigenvalue weighted by Gasteiger charge is 2.18. The minimum Gasteiger partial charge on any atom is -0.463 e. The number of carbonyl (C=O) groups excluding carboxylic acids is 1. The van der Waals surface area contributed by atoms with E-state index in [4.69, 9.17) is 4.42 Å². The lowest BCUT2D eigenvalue weighted by Gasteiger charge is -2.09. The molecule has 8 nitrogen and oxygen atoms in total. The Morgan fingerprint density at radius 1 is 1.23 bits per heavy atom. The van der Waals surface area contributed by atoms with Crippen molar-refractivity contribution in [1.29, 1.82) is 0 Å². The summed E-state index contributed by atoms with van der Waals surface area (Å²) in [5.41, 5.74) is 1.31. The lowest BCUT2D eigenvalue weighted by molar-refractivity contribution is 0.102. The number of hydrogen-bond acceptors (Lipinski definition) is 5. The minimum absolute atomic E-state index is 0.214. The summed E-state index contributed by atoms with van der Waals surface area (Å²) in [7, 11) is 0. The molecule has 0 aliphatic rings. The third-order valence-electron chi connectivity index (χ3n) is 4.33. The van der Waals surface area contributed by atoms with Gasteiger partial charge >= 0.3 is 0 Å². The van der Waals surface area contributed by atoms with Crippen LogP contribution in [0.1, 0.15) is 29.4 Å². The standard InChI is InChI=1S/C21H18BrN5O3/c1-2-6-13-11-19(28)25-21(23-13)27-18(12-16(26-27)17-9-5-10-30-17)24-20(29)14-7-3-4-8-15(14)22/h3-5,7-12H,2,6H2,1H3,(H,24,29)(H,23,25,28). The molecule has 0 fully saturated rings. The molecule has 2 N–H and O–H groups in total. The van der Waals surface area contributed by atoms with E-state index < -0.39 is 0 Å². The summed E-state index contributed by atoms with van der Waals surface area (Å²) >= 11 is 3.39. The van der Waals surface area contributed by atoms with Gasteiger partial charge in [-0.1, -0.05) is 25.5 Å². The summed E-state index contributed by atoms with van der Waals surface area (Å²) < 4.78 is 7.49. The number of anilines is 1. The molecule has 0 aliphatic heterocycles. The number of rotatable bonds is 6. The molecule has 3 heterocycles. The van der Waals surface area contributed by atoms with Crippen molar-refractivity contribution < 1.29 is 9.21 Å². The van der Waals surface area contributed by atoms with Gasteiger partial charge in [0.15, 0.2) is 5.76 Å². The summed E-state index contributed by atoms with van der Waals surface area (Å²) in [5.74, 6) is 0.754. The zero-order valence-electron chi connectivity index (χ0n) is 16.1. The molecule has 30 heavy (non-hydrogen) atoms. The average Bonchev–Trinajstić information content (AvgIpc) is 3.38. The Morgan fingerprint density at radius 2 is 2.07 bits per heavy atom. The van der Waals surface area contributed by atoms with E-state index >= 15 is 0 Å². The van der Waals surface area contributed by atoms with Crippen molar-refractivity contribution in [3.8, 4) is 17.4 Å². The van der Waals surface area contributed by atoms with Crippen LogP contribution in [-0.2, 0) is 6.42 Å². The van der Waals surface area contributed by atoms with Crippen LogP contribution in [0.4, 0.5) is 5.82 Å². The molecule has 0 unspecified atom stereocenters. The number of furan rings is 1. The van der Waals surface area contributed by atoms with Gasteiger partial charge in [-0.2, -0.15) is 9.78 Å². The number of nitrogens with one attached hydrogen (secondary N) is 2. The first-order chi connectivity index (χ1) is 14.5. The molecule has 3 aromatic heterocycles. The SMILES string of the molecule is CCCc1cc(=O)[nH]c(-n2nc(-c3ccco3)cc2NC(=O)c2ccccc2Br)n1. The van der Waals surface area contributed by atoms with E-state index in [2.05, 4.69) is 36.3 Å². The number of hydrogen-bond donors (Lipinski definition) is 2. The number of aromatic amines is 1. The van der Waals surface area contributed by atoms with E-state index in [1.165, 1.54) is 17.0 Å². The van der Waals surface area contributed by atoms with Gasteiger partial charge in [0.2, 0.25) is 5.95 Å². The van der Waals surface area contributed by atoms with Gasteiger partial charge in [-0.15, -0.1) is 0 Å². The molecular weight excluding hydrogens is 450 g/mol. The van der Waals surface area contributed by atoms with Crippen LogP contribution in [0.2, 0.25) is 0 Å². The molecule has 0 radical (unpaired) electrons. The van der Waals surface area contributed by atoms with Crippen molar-refractivity contribution in [2.75, 3.05) is 5.32 Å². The van der Waals surface area contributed by atoms with Crippen molar-refractivity contribution in [2.24, 2.45) is 0 Å². The lowest BCUT2D eigenvalue weighted by Crippen LogP contribution is -2.19. The van der Waals surface area contributed by atoms with Crippen molar-refractivity contribution in [3.63, 3.8) is 0 Å². The smallest absolute Gasteiger partial charge is 0.257 e. The number of amides is 1. The molecule has 0 bridgehead atoms. The third-order valence-corrected chi connectivity index (χ3v) is 5.02. The third kappa shape index (κ3) is 4.11. The van der Waals surface area contributed by atoms with Gasteiger partial charge in [0.1, 0.15) is 11.5 Å². The maximum absolute atomic E-state index is 12.9. The molecule has 0 aliphatic carbocycles. The van der Waals surface area contributed by atoms with Crippen LogP contribution in [0.5, 0.6) is 0 Å². The molecule has 4 rings (SSSR count). The zero-order chi connectivity index (χ0) is 21.1. The maximum atomic E-state index is 12.9. The predicted octanol–water partition coefficient (Wildman–Crippen LogP) is 4.18. The van der Waals surface area contributed by atoms with Crippen LogP contribution in [0.3, 0.4) is 0 Å². The Kier molecular flexibility index (Phi) is 5.62. The predicted molar refractivity (Wildman–Crippen MR) is 116 cm³/mol. The first-order valence-electron chi connectivity index (χ1n) is 9.35. The number of aromatic nitrogens is 4. The highest BCUT2D eigenvalue weighted by atomic mass is 79.9. The minimum atomic E-state index is -0.332. The monoisotopic (exact) mass is 467 g/mol. The van der Waals surface area contributed by atoms with E-state index in [-0.39, 0.29) is 17.4 Å². The highest BCUT2D eigenvalue weighted by Crippen LogP contribution is 2.25. The van der Waals surface area contributed by atoms with Gasteiger partial charge in [-0.3, -0.25) is 14.6 Å². The Bertz CT molecular complexity index is 1240. The Labute approximate surface area is 180 Å². The lowest BCUT2D eigenvalue weighted by atomic mass is 10.2. The number of halogens is 1. The van der Waals surface area contributed by atoms with Gasteiger partial charge in [0.05, 0.1) is 11.8 Å². The molecule has 4 aromatic rings. The fourth-order valence-electron chi connectivity index (χ4n) is 2.98. The number of benzene rings is 1. The number of H-pyrrole nitrogens is 1. The van der Waals surface area contributed by atoms with E-state index in [0.29, 0.717) is 39.4 Å². The molecule has 9 heteroatoms. The van der Waals surface area contributed by atoms with Gasteiger partial charge in [0, 0.05) is 22.3 Å². The summed E-state index contributed by atoms with van der Waals surface area (Å²) in [6.07, 6.45) is 3.04. The Morgan fingerprint density at radius 3 is 2.80 bits per heavy atom. The second-order valence-corrected chi connectivity index (χ2v) is 7.40. The molecule has 152 valence electrons. The molecular formula is C21H18BrN5O3. The van der Waals surface area contributed by atoms with Gasteiger partial charge < -0.3 is 9.73 Å². The van der Waals surface area contributed by atoms with Crippen LogP contribution >= 0.6 is 15.9 Å². The highest BCUT2D eigenvalue weighted by molar-refractivity contribution is 9.10. The Balaban J connectivity index is 1.79. The summed E-state index contributed by atoms with van der Waals surface area (Å²) in [5, 5.41) is 7.35. The van der Waals surface area contributed by atoms with E-state index in [1.807, 2.05) is 13.0 Å². The zero-order valence-corrected chi connectivity index (χ0v) is 17.6. The molecule has 0 saturated heterocycles. The first-order valence-corrected chi connectivity index (χ1v) is 10.1. The molecule has 0 saturated carbocycles. The number of carbonyl (C=O) groups is 1. The molecule has 1 amide bonds. The quantitative estimate of drug-likeness (QED) is 0.442. The second-order valence-electron chi connectivity index (χ2n) is 6.55. The maximum Gasteiger partial charge on any atom is 0.257 e. The summed E-state index contributed by atoms with van der Waals surface area (Å²) in [4.78, 5) is 32.2. The molecule has 0 spiro atoms. The molecule has 0 atom stereocenters. The van der Waals surface area contributed by atoms with Crippen LogP contribution in [-0.4, -0.2) is 25.7 Å². The van der Waals surface area contributed by atoms with Crippen LogP contribution in [0.15, 0.2) is 68.5 Å². The van der Waals surface area contributed by atoms with Gasteiger partial charge in [-0.05, 0) is 46.6 Å². The van der Waals surface area contributed by atoms with Crippen LogP contribution in [0, 0.1) is 0 Å². The van der Waals surface area contributed by atoms with Crippen molar-refractivity contribution in [1.82, 2.24) is 19.7 Å². The average molecular weight is 468 g/mol. The Hall–Kier alpha value is -3.46. The van der Waals surface area contributed by atoms with E-state index in [1.54, 1.807) is 36.4 Å². The van der Waals surface area contributed by atoms with Crippen LogP contribution < -0.4 is 10.9 Å². The topological polar surface area (TPSA) is 106 Å². The number of aryl methyl sites for hydroxylation is 1. The summed E-state index contributed by atoms with van der Waals surface area (Å²) in [6, 6.07) is 13.7. The number of nitrogens with zero attached hydrogens (tertiary/aromatic N) is 3. The van der Waals surface area contributed by atoms with E-state index in [0.717, 1.165) is 6.42 Å². The summed E-state index contributed by atoms with van der Waals surface area (Å²) in [6.45, 7) is 2.01. The van der Waals surface area contributed by atoms with Crippen molar-refractivity contribution in [3.05, 3.63) is 80.9 Å². The second kappa shape index (κ2) is 8.50.